The van der Waals surface area contributed by atoms with E-state index in [0.29, 0.717) is 0 Å². The van der Waals surface area contributed by atoms with E-state index < -0.39 is 0 Å². The van der Waals surface area contributed by atoms with Crippen LogP contribution in [-0.4, -0.2) is 0 Å². The zero-order chi connectivity index (χ0) is 16.3. The molecule has 2 heteroatoms. The molecule has 23 heavy (non-hydrogen) atoms. The first-order chi connectivity index (χ1) is 11.1. The summed E-state index contributed by atoms with van der Waals surface area (Å²) >= 11 is 0. The van der Waals surface area contributed by atoms with Gasteiger partial charge in [0.25, 0.3) is 0 Å². The number of para-hydroxylation sites is 2. The van der Waals surface area contributed by atoms with Crippen molar-refractivity contribution in [3.05, 3.63) is 90.5 Å². The molecule has 0 spiro atoms. The Balaban J connectivity index is 2.13. The predicted molar refractivity (Wildman–Crippen MR) is 98.9 cm³/mol. The molecule has 0 aliphatic carbocycles. The number of benzene rings is 3. The molecule has 3 aromatic rings. The maximum absolute atomic E-state index is 5.85. The average Bonchev–Trinajstić information content (AvgIpc) is 2.57. The summed E-state index contributed by atoms with van der Waals surface area (Å²) in [5.74, 6) is 0. The molecule has 0 fully saturated rings. The van der Waals surface area contributed by atoms with E-state index in [1.165, 1.54) is 16.9 Å². The molecule has 0 unspecified atom stereocenters. The zero-order valence-electron chi connectivity index (χ0n) is 13.6. The molecule has 2 N–H and O–H groups in total. The fourth-order valence-corrected chi connectivity index (χ4v) is 2.97. The van der Waals surface area contributed by atoms with Crippen molar-refractivity contribution in [2.24, 2.45) is 0 Å². The summed E-state index contributed by atoms with van der Waals surface area (Å²) in [7, 11) is 0. The van der Waals surface area contributed by atoms with E-state index >= 15 is 0 Å². The largest absolute Gasteiger partial charge is 0.399 e. The SMILES string of the molecule is CC(C)(c1ccc(N)cc1)N(c1ccccc1)c1ccccc1. The maximum Gasteiger partial charge on any atom is 0.0646 e. The smallest absolute Gasteiger partial charge is 0.0646 e. The number of nitrogens with two attached hydrogens (primary N) is 1. The van der Waals surface area contributed by atoms with Gasteiger partial charge in [-0.15, -0.1) is 0 Å². The van der Waals surface area contributed by atoms with E-state index in [2.05, 4.69) is 79.4 Å². The van der Waals surface area contributed by atoms with Crippen LogP contribution in [0.2, 0.25) is 0 Å². The lowest BCUT2D eigenvalue weighted by atomic mass is 9.90. The van der Waals surface area contributed by atoms with Crippen LogP contribution >= 0.6 is 0 Å². The first kappa shape index (κ1) is 15.2. The van der Waals surface area contributed by atoms with Crippen molar-refractivity contribution in [2.75, 3.05) is 10.6 Å². The van der Waals surface area contributed by atoms with Gasteiger partial charge in [-0.1, -0.05) is 48.5 Å². The molecule has 0 aliphatic rings. The van der Waals surface area contributed by atoms with Crippen LogP contribution in [0.4, 0.5) is 17.1 Å². The van der Waals surface area contributed by atoms with Crippen molar-refractivity contribution in [3.63, 3.8) is 0 Å². The van der Waals surface area contributed by atoms with Gasteiger partial charge in [0, 0.05) is 17.1 Å². The van der Waals surface area contributed by atoms with Crippen LogP contribution in [0.5, 0.6) is 0 Å². The van der Waals surface area contributed by atoms with Crippen molar-refractivity contribution >= 4 is 17.1 Å². The topological polar surface area (TPSA) is 29.3 Å². The highest BCUT2D eigenvalue weighted by Crippen LogP contribution is 2.39. The number of nitrogens with zero attached hydrogens (tertiary/aromatic N) is 1. The lowest BCUT2D eigenvalue weighted by molar-refractivity contribution is 0.536. The standard InChI is InChI=1S/C21H22N2/c1-21(2,17-13-15-18(22)16-14-17)23(19-9-5-3-6-10-19)20-11-7-4-8-12-20/h3-16H,22H2,1-2H3. The van der Waals surface area contributed by atoms with Gasteiger partial charge in [0.15, 0.2) is 0 Å². The van der Waals surface area contributed by atoms with E-state index in [1.807, 2.05) is 24.3 Å². The number of hydrogen-bond donors (Lipinski definition) is 1. The van der Waals surface area contributed by atoms with Crippen molar-refractivity contribution < 1.29 is 0 Å². The maximum atomic E-state index is 5.85. The zero-order valence-corrected chi connectivity index (χ0v) is 13.6. The molecular weight excluding hydrogens is 280 g/mol. The number of anilines is 3. The van der Waals surface area contributed by atoms with Crippen LogP contribution < -0.4 is 10.6 Å². The molecule has 0 heterocycles. The van der Waals surface area contributed by atoms with Gasteiger partial charge >= 0.3 is 0 Å². The average molecular weight is 302 g/mol. The molecule has 0 atom stereocenters. The van der Waals surface area contributed by atoms with Gasteiger partial charge in [-0.25, -0.2) is 0 Å². The number of rotatable bonds is 4. The Morgan fingerprint density at radius 1 is 0.652 bits per heavy atom. The first-order valence-corrected chi connectivity index (χ1v) is 7.85. The summed E-state index contributed by atoms with van der Waals surface area (Å²) in [5, 5.41) is 0. The summed E-state index contributed by atoms with van der Waals surface area (Å²) in [5.41, 5.74) is 9.99. The Hall–Kier alpha value is -2.74. The van der Waals surface area contributed by atoms with E-state index in [0.717, 1.165) is 5.69 Å². The normalized spacial score (nSPS) is 11.2. The fourth-order valence-electron chi connectivity index (χ4n) is 2.97. The molecule has 0 saturated heterocycles. The Morgan fingerprint density at radius 3 is 1.52 bits per heavy atom. The Labute approximate surface area is 138 Å². The summed E-state index contributed by atoms with van der Waals surface area (Å²) in [6.07, 6.45) is 0. The van der Waals surface area contributed by atoms with Crippen molar-refractivity contribution in [1.82, 2.24) is 0 Å². The number of nitrogen functional groups attached to an aromatic ring is 1. The highest BCUT2D eigenvalue weighted by atomic mass is 15.2. The van der Waals surface area contributed by atoms with Gasteiger partial charge < -0.3 is 10.6 Å². The van der Waals surface area contributed by atoms with Gasteiger partial charge in [-0.3, -0.25) is 0 Å². The van der Waals surface area contributed by atoms with Crippen LogP contribution in [0, 0.1) is 0 Å². The van der Waals surface area contributed by atoms with Gasteiger partial charge in [0.1, 0.15) is 0 Å². The minimum absolute atomic E-state index is 0.212. The second kappa shape index (κ2) is 6.17. The minimum Gasteiger partial charge on any atom is -0.399 e. The van der Waals surface area contributed by atoms with Crippen LogP contribution in [0.15, 0.2) is 84.9 Å². The summed E-state index contributed by atoms with van der Waals surface area (Å²) in [6, 6.07) is 29.1. The lowest BCUT2D eigenvalue weighted by Crippen LogP contribution is -2.38. The van der Waals surface area contributed by atoms with Crippen molar-refractivity contribution in [1.29, 1.82) is 0 Å². The molecule has 3 aromatic carbocycles. The minimum atomic E-state index is -0.212. The lowest BCUT2D eigenvalue weighted by Gasteiger charge is -2.41. The molecule has 0 radical (unpaired) electrons. The first-order valence-electron chi connectivity index (χ1n) is 7.85. The quantitative estimate of drug-likeness (QED) is 0.659. The Morgan fingerprint density at radius 2 is 1.09 bits per heavy atom. The van der Waals surface area contributed by atoms with Gasteiger partial charge in [-0.2, -0.15) is 0 Å². The molecule has 3 rings (SSSR count). The Kier molecular flexibility index (Phi) is 4.07. The molecule has 2 nitrogen and oxygen atoms in total. The second-order valence-electron chi connectivity index (χ2n) is 6.19. The highest BCUT2D eigenvalue weighted by Gasteiger charge is 2.30. The Bertz CT molecular complexity index is 707. The van der Waals surface area contributed by atoms with E-state index in [-0.39, 0.29) is 5.54 Å². The third-order valence-electron chi connectivity index (χ3n) is 4.20. The van der Waals surface area contributed by atoms with E-state index in [9.17, 15) is 0 Å². The van der Waals surface area contributed by atoms with Crippen LogP contribution in [0.25, 0.3) is 0 Å². The van der Waals surface area contributed by atoms with Crippen molar-refractivity contribution in [3.8, 4) is 0 Å². The van der Waals surface area contributed by atoms with Crippen LogP contribution in [0.3, 0.4) is 0 Å². The van der Waals surface area contributed by atoms with Gasteiger partial charge in [-0.05, 0) is 55.8 Å². The molecule has 116 valence electrons. The highest BCUT2D eigenvalue weighted by molar-refractivity contribution is 5.66. The van der Waals surface area contributed by atoms with Crippen LogP contribution in [-0.2, 0) is 5.54 Å². The molecule has 0 amide bonds. The molecule has 0 saturated carbocycles. The van der Waals surface area contributed by atoms with Gasteiger partial charge in [0.05, 0.1) is 5.54 Å². The molecular formula is C21H22N2. The van der Waals surface area contributed by atoms with E-state index in [4.69, 9.17) is 5.73 Å². The van der Waals surface area contributed by atoms with Gasteiger partial charge in [0.2, 0.25) is 0 Å². The molecule has 0 aromatic heterocycles. The second-order valence-corrected chi connectivity index (χ2v) is 6.19. The summed E-state index contributed by atoms with van der Waals surface area (Å²) < 4.78 is 0. The monoisotopic (exact) mass is 302 g/mol. The van der Waals surface area contributed by atoms with Crippen LogP contribution in [0.1, 0.15) is 19.4 Å². The predicted octanol–water partition coefficient (Wildman–Crippen LogP) is 5.34. The molecule has 0 bridgehead atoms. The summed E-state index contributed by atoms with van der Waals surface area (Å²) in [6.45, 7) is 4.47. The third-order valence-corrected chi connectivity index (χ3v) is 4.20. The number of hydrogen-bond acceptors (Lipinski definition) is 2. The third kappa shape index (κ3) is 3.07. The fraction of sp³-hybridized carbons (Fsp3) is 0.143. The van der Waals surface area contributed by atoms with E-state index in [1.54, 1.807) is 0 Å². The summed E-state index contributed by atoms with van der Waals surface area (Å²) in [4.78, 5) is 2.36. The van der Waals surface area contributed by atoms with Crippen molar-refractivity contribution in [2.45, 2.75) is 19.4 Å². The molecule has 0 aliphatic heterocycles.